The molecule has 10 heteroatoms. The van der Waals surface area contributed by atoms with E-state index in [-0.39, 0.29) is 20.4 Å². The Labute approximate surface area is 269 Å². The van der Waals surface area contributed by atoms with Crippen molar-refractivity contribution in [3.63, 3.8) is 0 Å². The zero-order chi connectivity index (χ0) is 32.4. The van der Waals surface area contributed by atoms with Gasteiger partial charge in [-0.3, -0.25) is 0 Å². The zero-order valence-corrected chi connectivity index (χ0v) is 31.9. The molecule has 0 bridgehead atoms. The minimum Gasteiger partial charge on any atom is -0.488 e. The van der Waals surface area contributed by atoms with E-state index in [4.69, 9.17) is 33.2 Å². The molecule has 0 amide bonds. The molecule has 0 spiro atoms. The van der Waals surface area contributed by atoms with Crippen molar-refractivity contribution in [2.75, 3.05) is 46.8 Å². The number of allylic oxidation sites excluding steroid dienone is 1. The Bertz CT molecular complexity index is 1230. The van der Waals surface area contributed by atoms with E-state index in [0.717, 1.165) is 58.5 Å². The summed E-state index contributed by atoms with van der Waals surface area (Å²) in [5.74, 6) is 2.94. The maximum absolute atomic E-state index is 6.26. The molecule has 0 radical (unpaired) electrons. The van der Waals surface area contributed by atoms with Crippen LogP contribution in [0, 0.1) is 0 Å². The van der Waals surface area contributed by atoms with E-state index in [1.165, 1.54) is 0 Å². The third-order valence-corrected chi connectivity index (χ3v) is 12.5. The molecule has 3 rings (SSSR count). The number of rotatable bonds is 19. The van der Waals surface area contributed by atoms with Gasteiger partial charge in [0.05, 0.1) is 0 Å². The van der Waals surface area contributed by atoms with E-state index in [0.29, 0.717) is 31.3 Å². The number of hydrogen-bond acceptors (Lipinski definition) is 7. The van der Waals surface area contributed by atoms with E-state index in [9.17, 15) is 0 Å². The quantitative estimate of drug-likeness (QED) is 0.0846. The van der Waals surface area contributed by atoms with Gasteiger partial charge in [-0.1, -0.05) is 58.9 Å². The van der Waals surface area contributed by atoms with Crippen molar-refractivity contribution in [3.05, 3.63) is 47.5 Å². The molecule has 246 valence electrons. The first kappa shape index (κ1) is 36.4. The van der Waals surface area contributed by atoms with Crippen LogP contribution < -0.4 is 18.9 Å². The van der Waals surface area contributed by atoms with Gasteiger partial charge in [0.2, 0.25) is 0 Å². The van der Waals surface area contributed by atoms with Crippen molar-refractivity contribution < 1.29 is 33.2 Å². The summed E-state index contributed by atoms with van der Waals surface area (Å²) in [6.07, 6.45) is 0. The summed E-state index contributed by atoms with van der Waals surface area (Å²) < 4.78 is 41.6. The van der Waals surface area contributed by atoms with Crippen molar-refractivity contribution in [3.8, 4) is 23.0 Å². The summed E-state index contributed by atoms with van der Waals surface area (Å²) in [5.41, 5.74) is 4.20. The van der Waals surface area contributed by atoms with Crippen molar-refractivity contribution in [1.82, 2.24) is 0 Å². The zero-order valence-electron chi connectivity index (χ0n) is 28.9. The van der Waals surface area contributed by atoms with E-state index in [1.54, 1.807) is 0 Å². The second kappa shape index (κ2) is 16.5. The monoisotopic (exact) mass is 660 g/mol. The fourth-order valence-corrected chi connectivity index (χ4v) is 6.59. The van der Waals surface area contributed by atoms with Crippen molar-refractivity contribution in [1.29, 1.82) is 0 Å². The molecule has 0 N–H and O–H groups in total. The SMILES string of the molecule is CC1=C(c2ccc(OCOCC[Si](C)(C)C)cc2OCOCC[Si](C)(C)C)COc2cc(OCOCC[Si](C)(C)C)ccc21. The molecule has 0 saturated carbocycles. The van der Waals surface area contributed by atoms with Crippen LogP contribution in [0.2, 0.25) is 77.1 Å². The molecule has 44 heavy (non-hydrogen) atoms. The van der Waals surface area contributed by atoms with Gasteiger partial charge in [-0.05, 0) is 54.9 Å². The van der Waals surface area contributed by atoms with Crippen LogP contribution in [0.5, 0.6) is 23.0 Å². The van der Waals surface area contributed by atoms with Gasteiger partial charge in [-0.2, -0.15) is 0 Å². The number of hydrogen-bond donors (Lipinski definition) is 0. The first-order valence-corrected chi connectivity index (χ1v) is 27.0. The van der Waals surface area contributed by atoms with E-state index < -0.39 is 24.2 Å². The van der Waals surface area contributed by atoms with Gasteiger partial charge in [-0.15, -0.1) is 0 Å². The molecular formula is C34H56O7Si3. The van der Waals surface area contributed by atoms with Gasteiger partial charge >= 0.3 is 0 Å². The number of benzene rings is 2. The Morgan fingerprint density at radius 3 is 1.55 bits per heavy atom. The maximum Gasteiger partial charge on any atom is 0.189 e. The average Bonchev–Trinajstić information content (AvgIpc) is 2.91. The van der Waals surface area contributed by atoms with Gasteiger partial charge < -0.3 is 33.2 Å². The molecule has 2 aromatic rings. The van der Waals surface area contributed by atoms with Crippen LogP contribution in [0.15, 0.2) is 36.4 Å². The smallest absolute Gasteiger partial charge is 0.189 e. The minimum atomic E-state index is -1.18. The van der Waals surface area contributed by atoms with Crippen molar-refractivity contribution in [2.24, 2.45) is 0 Å². The Morgan fingerprint density at radius 1 is 0.591 bits per heavy atom. The Morgan fingerprint density at radius 2 is 1.05 bits per heavy atom. The van der Waals surface area contributed by atoms with Crippen molar-refractivity contribution in [2.45, 2.75) is 84.0 Å². The first-order valence-electron chi connectivity index (χ1n) is 15.8. The lowest BCUT2D eigenvalue weighted by atomic mass is 9.93. The molecule has 7 nitrogen and oxygen atoms in total. The lowest BCUT2D eigenvalue weighted by Crippen LogP contribution is -2.22. The van der Waals surface area contributed by atoms with Crippen LogP contribution in [0.25, 0.3) is 11.1 Å². The Hall–Kier alpha value is -2.09. The molecule has 0 aromatic heterocycles. The largest absolute Gasteiger partial charge is 0.488 e. The Balaban J connectivity index is 1.71. The van der Waals surface area contributed by atoms with Crippen LogP contribution in [0.1, 0.15) is 18.1 Å². The van der Waals surface area contributed by atoms with Crippen LogP contribution in [0.3, 0.4) is 0 Å². The summed E-state index contributed by atoms with van der Waals surface area (Å²) >= 11 is 0. The summed E-state index contributed by atoms with van der Waals surface area (Å²) in [5, 5.41) is 0. The topological polar surface area (TPSA) is 64.6 Å². The fraction of sp³-hybridized carbons (Fsp3) is 0.588. The lowest BCUT2D eigenvalue weighted by Gasteiger charge is -2.25. The maximum atomic E-state index is 6.26. The van der Waals surface area contributed by atoms with Gasteiger partial charge in [0, 0.05) is 72.9 Å². The van der Waals surface area contributed by atoms with Crippen molar-refractivity contribution >= 4 is 35.4 Å². The van der Waals surface area contributed by atoms with Gasteiger partial charge in [0.25, 0.3) is 0 Å². The number of fused-ring (bicyclic) bond motifs is 1. The van der Waals surface area contributed by atoms with Crippen LogP contribution in [-0.2, 0) is 14.2 Å². The van der Waals surface area contributed by atoms with Gasteiger partial charge in [0.15, 0.2) is 20.4 Å². The van der Waals surface area contributed by atoms with E-state index >= 15 is 0 Å². The second-order valence-corrected chi connectivity index (χ2v) is 32.0. The normalized spacial score (nSPS) is 13.9. The van der Waals surface area contributed by atoms with Gasteiger partial charge in [-0.25, -0.2) is 0 Å². The highest BCUT2D eigenvalue weighted by Gasteiger charge is 2.23. The molecule has 1 aliphatic heterocycles. The molecular weight excluding hydrogens is 605 g/mol. The average molecular weight is 661 g/mol. The van der Waals surface area contributed by atoms with Crippen LogP contribution >= 0.6 is 0 Å². The summed E-state index contributed by atoms with van der Waals surface area (Å²) in [7, 11) is -3.45. The van der Waals surface area contributed by atoms with Crippen LogP contribution in [-0.4, -0.2) is 71.0 Å². The molecule has 0 unspecified atom stereocenters. The molecule has 1 aliphatic rings. The molecule has 0 aliphatic carbocycles. The molecule has 2 aromatic carbocycles. The highest BCUT2D eigenvalue weighted by atomic mass is 28.3. The second-order valence-electron chi connectivity index (χ2n) is 15.2. The van der Waals surface area contributed by atoms with E-state index in [2.05, 4.69) is 71.9 Å². The highest BCUT2D eigenvalue weighted by Crippen LogP contribution is 2.42. The predicted octanol–water partition coefficient (Wildman–Crippen LogP) is 9.08. The summed E-state index contributed by atoms with van der Waals surface area (Å²) in [4.78, 5) is 0. The standard InChI is InChI=1S/C34H56O7Si3/c1-27-30-13-11-28(39-24-35-15-18-42(2,3)4)21-33(30)38-23-32(27)31-14-12-29(40-25-36-16-19-43(5,6)7)22-34(31)41-26-37-17-20-44(8,9)10/h11-14,21-22H,15-20,23-26H2,1-10H3. The molecule has 1 heterocycles. The Kier molecular flexibility index (Phi) is 13.6. The lowest BCUT2D eigenvalue weighted by molar-refractivity contribution is 0.0177. The highest BCUT2D eigenvalue weighted by molar-refractivity contribution is 6.76. The number of ether oxygens (including phenoxy) is 7. The third-order valence-electron chi connectivity index (χ3n) is 7.36. The summed E-state index contributed by atoms with van der Waals surface area (Å²) in [6.45, 7) is 26.4. The van der Waals surface area contributed by atoms with E-state index in [1.807, 2.05) is 30.3 Å². The summed E-state index contributed by atoms with van der Waals surface area (Å²) in [6, 6.07) is 15.2. The third kappa shape index (κ3) is 13.1. The fourth-order valence-electron chi connectivity index (χ4n) is 4.32. The molecule has 0 atom stereocenters. The first-order chi connectivity index (χ1) is 20.6. The molecule has 0 saturated heterocycles. The van der Waals surface area contributed by atoms with Gasteiger partial charge in [0.1, 0.15) is 29.6 Å². The molecule has 0 fully saturated rings. The predicted molar refractivity (Wildman–Crippen MR) is 190 cm³/mol. The minimum absolute atomic E-state index is 0.179. The van der Waals surface area contributed by atoms with Crippen LogP contribution in [0.4, 0.5) is 0 Å².